The van der Waals surface area contributed by atoms with Gasteiger partial charge in [-0.05, 0) is 50.3 Å². The van der Waals surface area contributed by atoms with E-state index in [9.17, 15) is 18.0 Å². The number of likely N-dealkylation sites (tertiary alicyclic amines) is 1. The first-order valence-corrected chi connectivity index (χ1v) is 9.14. The van der Waals surface area contributed by atoms with Crippen LogP contribution in [0.1, 0.15) is 31.7 Å². The second-order valence-electron chi connectivity index (χ2n) is 7.07. The Morgan fingerprint density at radius 2 is 1.79 bits per heavy atom. The number of hydrogen-bond acceptors (Lipinski definition) is 4. The maximum absolute atomic E-state index is 12.3. The van der Waals surface area contributed by atoms with Gasteiger partial charge in [0.15, 0.2) is 0 Å². The summed E-state index contributed by atoms with van der Waals surface area (Å²) in [6, 6.07) is 10.1. The van der Waals surface area contributed by atoms with Crippen molar-refractivity contribution in [2.75, 3.05) is 19.6 Å². The average Bonchev–Trinajstić information content (AvgIpc) is 2.97. The molecule has 2 aliphatic heterocycles. The van der Waals surface area contributed by atoms with Gasteiger partial charge in [-0.25, -0.2) is 9.59 Å². The van der Waals surface area contributed by atoms with Crippen LogP contribution in [0.25, 0.3) is 0 Å². The Bertz CT molecular complexity index is 661. The summed E-state index contributed by atoms with van der Waals surface area (Å²) < 4.78 is 37.2. The molecule has 2 fully saturated rings. The first kappa shape index (κ1) is 22.0. The van der Waals surface area contributed by atoms with Crippen LogP contribution in [0.15, 0.2) is 30.3 Å². The normalized spacial score (nSPS) is 21.0. The van der Waals surface area contributed by atoms with E-state index in [1.54, 1.807) is 0 Å². The molecule has 2 heterocycles. The van der Waals surface area contributed by atoms with Crippen LogP contribution >= 0.6 is 0 Å². The zero-order valence-corrected chi connectivity index (χ0v) is 15.7. The Labute approximate surface area is 161 Å². The first-order valence-electron chi connectivity index (χ1n) is 9.14. The van der Waals surface area contributed by atoms with Crippen LogP contribution in [-0.2, 0) is 16.1 Å². The topological polar surface area (TPSA) is 78.9 Å². The van der Waals surface area contributed by atoms with Crippen molar-refractivity contribution in [1.82, 2.24) is 10.2 Å². The first-order chi connectivity index (χ1) is 13.2. The highest BCUT2D eigenvalue weighted by Gasteiger charge is 2.47. The highest BCUT2D eigenvalue weighted by Crippen LogP contribution is 2.44. The molecule has 1 unspecified atom stereocenters. The third-order valence-corrected chi connectivity index (χ3v) is 5.49. The van der Waals surface area contributed by atoms with Gasteiger partial charge in [0.2, 0.25) is 0 Å². The molecular weight excluding hydrogens is 377 g/mol. The van der Waals surface area contributed by atoms with E-state index in [1.165, 1.54) is 0 Å². The minimum Gasteiger partial charge on any atom is -0.475 e. The third-order valence-electron chi connectivity index (χ3n) is 5.49. The molecule has 1 spiro atoms. The highest BCUT2D eigenvalue weighted by atomic mass is 19.4. The number of ether oxygens (including phenoxy) is 1. The summed E-state index contributed by atoms with van der Waals surface area (Å²) in [5, 5.41) is 10.5. The molecule has 1 atom stereocenters. The molecule has 0 bridgehead atoms. The summed E-state index contributed by atoms with van der Waals surface area (Å²) >= 11 is 0. The predicted octanol–water partition coefficient (Wildman–Crippen LogP) is 3.42. The highest BCUT2D eigenvalue weighted by molar-refractivity contribution is 5.73. The predicted molar refractivity (Wildman–Crippen MR) is 95.6 cm³/mol. The zero-order chi connectivity index (χ0) is 20.8. The van der Waals surface area contributed by atoms with Crippen molar-refractivity contribution in [3.63, 3.8) is 0 Å². The molecule has 1 aromatic carbocycles. The van der Waals surface area contributed by atoms with Gasteiger partial charge in [0, 0.05) is 12.6 Å². The van der Waals surface area contributed by atoms with Gasteiger partial charge in [-0.15, -0.1) is 0 Å². The number of rotatable bonds is 2. The van der Waals surface area contributed by atoms with Crippen LogP contribution in [0, 0.1) is 5.41 Å². The van der Waals surface area contributed by atoms with E-state index < -0.39 is 12.1 Å². The van der Waals surface area contributed by atoms with E-state index in [-0.39, 0.29) is 12.1 Å². The molecule has 0 radical (unpaired) electrons. The summed E-state index contributed by atoms with van der Waals surface area (Å²) in [4.78, 5) is 23.2. The summed E-state index contributed by atoms with van der Waals surface area (Å²) in [5.41, 5.74) is 1.34. The third kappa shape index (κ3) is 5.60. The van der Waals surface area contributed by atoms with E-state index in [0.29, 0.717) is 12.0 Å². The smallest absolute Gasteiger partial charge is 0.475 e. The molecular formula is C19H25F3N2O4. The molecule has 6 nitrogen and oxygen atoms in total. The fraction of sp³-hybridized carbons (Fsp3) is 0.579. The number of carbonyl (C=O) groups is 2. The van der Waals surface area contributed by atoms with Gasteiger partial charge in [-0.1, -0.05) is 30.3 Å². The van der Waals surface area contributed by atoms with Crippen molar-refractivity contribution in [3.8, 4) is 0 Å². The number of carboxylic acids is 1. The average molecular weight is 402 g/mol. The van der Waals surface area contributed by atoms with Gasteiger partial charge in [0.25, 0.3) is 0 Å². The van der Waals surface area contributed by atoms with E-state index >= 15 is 0 Å². The summed E-state index contributed by atoms with van der Waals surface area (Å²) in [7, 11) is 0. The van der Waals surface area contributed by atoms with Crippen LogP contribution in [0.3, 0.4) is 0 Å². The lowest BCUT2D eigenvalue weighted by Gasteiger charge is -2.39. The molecule has 3 rings (SSSR count). The lowest BCUT2D eigenvalue weighted by atomic mass is 9.73. The molecule has 2 N–H and O–H groups in total. The maximum atomic E-state index is 12.3. The number of halogens is 3. The Hall–Kier alpha value is -2.29. The number of aliphatic carboxylic acids is 1. The minimum absolute atomic E-state index is 0.165. The quantitative estimate of drug-likeness (QED) is 0.793. The van der Waals surface area contributed by atoms with Gasteiger partial charge < -0.3 is 20.1 Å². The SMILES string of the molecule is CC1N(C(=O)OCc2ccccc2)CCC12CCNCC2.O=C(O)C(F)(F)F. The minimum atomic E-state index is -5.08. The fourth-order valence-electron chi connectivity index (χ4n) is 3.72. The molecule has 9 heteroatoms. The van der Waals surface area contributed by atoms with Crippen LogP contribution in [0.5, 0.6) is 0 Å². The van der Waals surface area contributed by atoms with Crippen molar-refractivity contribution in [2.45, 2.75) is 45.0 Å². The van der Waals surface area contributed by atoms with Crippen molar-refractivity contribution in [3.05, 3.63) is 35.9 Å². The van der Waals surface area contributed by atoms with Gasteiger partial charge in [-0.2, -0.15) is 13.2 Å². The Kier molecular flexibility index (Phi) is 7.29. The number of carbonyl (C=O) groups excluding carboxylic acids is 1. The number of hydrogen-bond donors (Lipinski definition) is 2. The molecule has 0 aromatic heterocycles. The molecule has 28 heavy (non-hydrogen) atoms. The van der Waals surface area contributed by atoms with E-state index in [1.807, 2.05) is 35.2 Å². The van der Waals surface area contributed by atoms with E-state index in [4.69, 9.17) is 14.6 Å². The molecule has 1 amide bonds. The second kappa shape index (κ2) is 9.27. The zero-order valence-electron chi connectivity index (χ0n) is 15.7. The molecule has 2 saturated heterocycles. The van der Waals surface area contributed by atoms with Crippen LogP contribution < -0.4 is 5.32 Å². The molecule has 1 aromatic rings. The molecule has 156 valence electrons. The van der Waals surface area contributed by atoms with E-state index in [2.05, 4.69) is 12.2 Å². The summed E-state index contributed by atoms with van der Waals surface area (Å²) in [5.74, 6) is -2.76. The maximum Gasteiger partial charge on any atom is 0.490 e. The summed E-state index contributed by atoms with van der Waals surface area (Å²) in [6.45, 7) is 5.50. The standard InChI is InChI=1S/C17H24N2O2.C2HF3O2/c1-14-17(7-10-18-11-8-17)9-12-19(14)16(20)21-13-15-5-3-2-4-6-15;3-2(4,5)1(6)7/h2-6,14,18H,7-13H2,1H3;(H,6,7). The number of amides is 1. The van der Waals surface area contributed by atoms with Crippen LogP contribution in [0.2, 0.25) is 0 Å². The lowest BCUT2D eigenvalue weighted by molar-refractivity contribution is -0.192. The Morgan fingerprint density at radius 3 is 2.32 bits per heavy atom. The molecule has 2 aliphatic rings. The van der Waals surface area contributed by atoms with Crippen molar-refractivity contribution in [2.24, 2.45) is 5.41 Å². The van der Waals surface area contributed by atoms with Crippen molar-refractivity contribution < 1.29 is 32.6 Å². The van der Waals surface area contributed by atoms with Gasteiger partial charge in [0.1, 0.15) is 6.61 Å². The second-order valence-corrected chi connectivity index (χ2v) is 7.07. The number of benzene rings is 1. The fourth-order valence-corrected chi connectivity index (χ4v) is 3.72. The van der Waals surface area contributed by atoms with Crippen LogP contribution in [-0.4, -0.2) is 53.9 Å². The summed E-state index contributed by atoms with van der Waals surface area (Å²) in [6.07, 6.45) is -1.81. The number of alkyl halides is 3. The van der Waals surface area contributed by atoms with Crippen LogP contribution in [0.4, 0.5) is 18.0 Å². The van der Waals surface area contributed by atoms with Gasteiger partial charge in [-0.3, -0.25) is 0 Å². The number of nitrogens with one attached hydrogen (secondary N) is 1. The number of nitrogens with zero attached hydrogens (tertiary/aromatic N) is 1. The molecule has 0 saturated carbocycles. The van der Waals surface area contributed by atoms with Gasteiger partial charge in [0.05, 0.1) is 0 Å². The van der Waals surface area contributed by atoms with E-state index in [0.717, 1.165) is 44.5 Å². The Morgan fingerprint density at radius 1 is 1.21 bits per heavy atom. The monoisotopic (exact) mass is 402 g/mol. The van der Waals surface area contributed by atoms with Crippen molar-refractivity contribution in [1.29, 1.82) is 0 Å². The van der Waals surface area contributed by atoms with Crippen molar-refractivity contribution >= 4 is 12.1 Å². The van der Waals surface area contributed by atoms with Gasteiger partial charge >= 0.3 is 18.2 Å². The number of carboxylic acid groups (broad SMARTS) is 1. The Balaban J connectivity index is 0.000000345. The lowest BCUT2D eigenvalue weighted by Crippen LogP contribution is -2.46. The number of piperidine rings is 1. The largest absolute Gasteiger partial charge is 0.490 e. The molecule has 0 aliphatic carbocycles.